The molecule has 1 aromatic rings. The van der Waals surface area contributed by atoms with Crippen LogP contribution in [0.5, 0.6) is 0 Å². The highest BCUT2D eigenvalue weighted by Crippen LogP contribution is 2.15. The number of rotatable bonds is 3. The first-order valence-electron chi connectivity index (χ1n) is 4.07. The molecule has 0 radical (unpaired) electrons. The lowest BCUT2D eigenvalue weighted by Gasteiger charge is -2.06. The Balaban J connectivity index is 2.96. The van der Waals surface area contributed by atoms with E-state index in [0.29, 0.717) is 11.3 Å². The molecule has 1 aromatic carbocycles. The van der Waals surface area contributed by atoms with Gasteiger partial charge in [0.25, 0.3) is 0 Å². The Hall–Kier alpha value is -1.36. The van der Waals surface area contributed by atoms with Gasteiger partial charge in [-0.25, -0.2) is 8.42 Å². The van der Waals surface area contributed by atoms with Crippen molar-refractivity contribution in [2.24, 2.45) is 0 Å². The van der Waals surface area contributed by atoms with Gasteiger partial charge >= 0.3 is 0 Å². The average Bonchev–Trinajstić information content (AvgIpc) is 2.06. The van der Waals surface area contributed by atoms with Crippen molar-refractivity contribution >= 4 is 22.3 Å². The minimum atomic E-state index is -2.47. The van der Waals surface area contributed by atoms with Gasteiger partial charge in [-0.1, -0.05) is 18.2 Å². The largest absolute Gasteiger partial charge is 0.326 e. The van der Waals surface area contributed by atoms with Gasteiger partial charge in [0.2, 0.25) is 5.91 Å². The van der Waals surface area contributed by atoms with E-state index < -0.39 is 10.7 Å². The van der Waals surface area contributed by atoms with Gasteiger partial charge in [-0.2, -0.15) is 0 Å². The Labute approximate surface area is 83.9 Å². The van der Waals surface area contributed by atoms with Crippen LogP contribution in [-0.2, 0) is 21.3 Å². The van der Waals surface area contributed by atoms with Crippen molar-refractivity contribution in [1.82, 2.24) is 0 Å². The summed E-state index contributed by atoms with van der Waals surface area (Å²) < 4.78 is 21.1. The van der Waals surface area contributed by atoms with Gasteiger partial charge in [0.15, 0.2) is 0 Å². The minimum Gasteiger partial charge on any atom is -0.326 e. The third-order valence-electron chi connectivity index (χ3n) is 1.63. The lowest BCUT2D eigenvalue weighted by atomic mass is 10.2. The Morgan fingerprint density at radius 3 is 2.57 bits per heavy atom. The number of anilines is 1. The van der Waals surface area contributed by atoms with E-state index in [0.717, 1.165) is 0 Å². The molecule has 0 aromatic heterocycles. The molecular formula is C9H11NO3S. The molecule has 0 spiro atoms. The molecule has 76 valence electrons. The van der Waals surface area contributed by atoms with E-state index in [9.17, 15) is 13.2 Å². The summed E-state index contributed by atoms with van der Waals surface area (Å²) in [5, 5.41) is 2.57. The fourth-order valence-electron chi connectivity index (χ4n) is 1.11. The summed E-state index contributed by atoms with van der Waals surface area (Å²) >= 11 is 0. The molecule has 0 unspecified atom stereocenters. The molecule has 0 aliphatic rings. The third kappa shape index (κ3) is 3.18. The highest BCUT2D eigenvalue weighted by molar-refractivity contribution is 7.71. The number of hydrogen-bond acceptors (Lipinski definition) is 3. The zero-order valence-corrected chi connectivity index (χ0v) is 8.58. The zero-order valence-electron chi connectivity index (χ0n) is 7.69. The van der Waals surface area contributed by atoms with Gasteiger partial charge in [-0.15, -0.1) is 0 Å². The van der Waals surface area contributed by atoms with Crippen LogP contribution < -0.4 is 5.32 Å². The summed E-state index contributed by atoms with van der Waals surface area (Å²) in [4.78, 5) is 10.8. The predicted molar refractivity (Wildman–Crippen MR) is 54.8 cm³/mol. The summed E-state index contributed by atoms with van der Waals surface area (Å²) in [5.74, 6) is -0.259. The fourth-order valence-corrected chi connectivity index (χ4v) is 1.66. The smallest absolute Gasteiger partial charge is 0.221 e. The predicted octanol–water partition coefficient (Wildman–Crippen LogP) is 0.756. The normalized spacial score (nSPS) is 10.1. The molecule has 14 heavy (non-hydrogen) atoms. The number of thiol groups is 1. The number of amides is 1. The van der Waals surface area contributed by atoms with Crippen molar-refractivity contribution in [1.29, 1.82) is 0 Å². The quantitative estimate of drug-likeness (QED) is 0.728. The van der Waals surface area contributed by atoms with E-state index in [1.165, 1.54) is 6.92 Å². The van der Waals surface area contributed by atoms with Gasteiger partial charge in [-0.3, -0.25) is 4.79 Å². The highest BCUT2D eigenvalue weighted by atomic mass is 32.2. The van der Waals surface area contributed by atoms with E-state index in [1.54, 1.807) is 24.3 Å². The van der Waals surface area contributed by atoms with Crippen LogP contribution in [0.15, 0.2) is 24.3 Å². The van der Waals surface area contributed by atoms with E-state index >= 15 is 0 Å². The molecule has 0 saturated carbocycles. The van der Waals surface area contributed by atoms with E-state index in [4.69, 9.17) is 0 Å². The van der Waals surface area contributed by atoms with Crippen LogP contribution in [0.25, 0.3) is 0 Å². The van der Waals surface area contributed by atoms with E-state index in [-0.39, 0.29) is 11.7 Å². The monoisotopic (exact) mass is 213 g/mol. The van der Waals surface area contributed by atoms with Crippen molar-refractivity contribution in [3.63, 3.8) is 0 Å². The standard InChI is InChI=1S/C9H11NO3S/c1-7(11)10-9-5-3-2-4-8(9)6-14(12)13/h2-5,14H,6H2,1H3,(H,10,11). The Morgan fingerprint density at radius 1 is 1.36 bits per heavy atom. The Morgan fingerprint density at radius 2 is 2.00 bits per heavy atom. The number of para-hydroxylation sites is 1. The second-order valence-electron chi connectivity index (χ2n) is 2.83. The molecule has 0 aliphatic heterocycles. The van der Waals surface area contributed by atoms with Crippen LogP contribution >= 0.6 is 0 Å². The molecule has 0 bridgehead atoms. The van der Waals surface area contributed by atoms with Crippen molar-refractivity contribution in [2.45, 2.75) is 12.7 Å². The maximum absolute atomic E-state index is 10.8. The summed E-state index contributed by atoms with van der Waals surface area (Å²) in [6, 6.07) is 6.83. The summed E-state index contributed by atoms with van der Waals surface area (Å²) in [6.07, 6.45) is 0. The number of carbonyl (C=O) groups excluding carboxylic acids is 1. The maximum Gasteiger partial charge on any atom is 0.221 e. The topological polar surface area (TPSA) is 63.2 Å². The first-order valence-corrected chi connectivity index (χ1v) is 5.43. The first kappa shape index (κ1) is 10.7. The molecule has 1 amide bonds. The second-order valence-corrected chi connectivity index (χ2v) is 3.81. The molecule has 0 fully saturated rings. The molecule has 0 atom stereocenters. The molecule has 4 nitrogen and oxygen atoms in total. The molecule has 0 heterocycles. The molecular weight excluding hydrogens is 202 g/mol. The molecule has 0 saturated heterocycles. The SMILES string of the molecule is CC(=O)Nc1ccccc1C[SH](=O)=O. The van der Waals surface area contributed by atoms with Crippen molar-refractivity contribution in [3.8, 4) is 0 Å². The number of benzene rings is 1. The number of hydrogen-bond donors (Lipinski definition) is 2. The third-order valence-corrected chi connectivity index (χ3v) is 2.23. The number of carbonyl (C=O) groups is 1. The summed E-state index contributed by atoms with van der Waals surface area (Å²) in [6.45, 7) is 1.38. The molecule has 1 rings (SSSR count). The van der Waals surface area contributed by atoms with Crippen LogP contribution in [0.3, 0.4) is 0 Å². The maximum atomic E-state index is 10.8. The van der Waals surface area contributed by atoms with Crippen LogP contribution in [-0.4, -0.2) is 14.3 Å². The van der Waals surface area contributed by atoms with Crippen molar-refractivity contribution < 1.29 is 13.2 Å². The van der Waals surface area contributed by atoms with Crippen LogP contribution in [0, 0.1) is 0 Å². The first-order chi connectivity index (χ1) is 6.59. The Bertz CT molecular complexity index is 404. The van der Waals surface area contributed by atoms with Gasteiger partial charge < -0.3 is 5.32 Å². The van der Waals surface area contributed by atoms with Gasteiger partial charge in [0.1, 0.15) is 10.7 Å². The summed E-state index contributed by atoms with van der Waals surface area (Å²) in [5.41, 5.74) is 1.16. The zero-order chi connectivity index (χ0) is 10.6. The fraction of sp³-hybridized carbons (Fsp3) is 0.222. The lowest BCUT2D eigenvalue weighted by Crippen LogP contribution is -2.08. The van der Waals surface area contributed by atoms with Crippen LogP contribution in [0.1, 0.15) is 12.5 Å². The van der Waals surface area contributed by atoms with Gasteiger partial charge in [0, 0.05) is 12.6 Å². The van der Waals surface area contributed by atoms with E-state index in [1.807, 2.05) is 0 Å². The number of nitrogens with one attached hydrogen (secondary N) is 1. The van der Waals surface area contributed by atoms with Crippen LogP contribution in [0.4, 0.5) is 5.69 Å². The molecule has 0 aliphatic carbocycles. The lowest BCUT2D eigenvalue weighted by molar-refractivity contribution is -0.114. The average molecular weight is 213 g/mol. The van der Waals surface area contributed by atoms with E-state index in [2.05, 4.69) is 5.32 Å². The van der Waals surface area contributed by atoms with Crippen LogP contribution in [0.2, 0.25) is 0 Å². The van der Waals surface area contributed by atoms with Gasteiger partial charge in [0.05, 0.1) is 5.75 Å². The van der Waals surface area contributed by atoms with Gasteiger partial charge in [-0.05, 0) is 11.6 Å². The summed E-state index contributed by atoms with van der Waals surface area (Å²) in [7, 11) is -2.47. The minimum absolute atomic E-state index is 0.0498. The highest BCUT2D eigenvalue weighted by Gasteiger charge is 2.03. The molecule has 1 N–H and O–H groups in total. The van der Waals surface area contributed by atoms with Crippen molar-refractivity contribution in [2.75, 3.05) is 5.32 Å². The Kier molecular flexibility index (Phi) is 3.64. The van der Waals surface area contributed by atoms with Crippen molar-refractivity contribution in [3.05, 3.63) is 29.8 Å². The second kappa shape index (κ2) is 4.76. The molecule has 5 heteroatoms.